The van der Waals surface area contributed by atoms with Gasteiger partial charge in [-0.3, -0.25) is 0 Å². The molecule has 0 fully saturated rings. The molecule has 0 N–H and O–H groups in total. The van der Waals surface area contributed by atoms with Crippen LogP contribution in [0.15, 0.2) is 188 Å². The van der Waals surface area contributed by atoms with Crippen LogP contribution < -0.4 is 4.90 Å². The van der Waals surface area contributed by atoms with Gasteiger partial charge in [0.1, 0.15) is 0 Å². The number of hydrogen-bond donors (Lipinski definition) is 0. The number of fused-ring (bicyclic) bond motifs is 12. The van der Waals surface area contributed by atoms with Gasteiger partial charge < -0.3 is 9.47 Å². The van der Waals surface area contributed by atoms with E-state index in [0.29, 0.717) is 0 Å². The second-order valence-corrected chi connectivity index (χ2v) is 13.6. The molecule has 0 atom stereocenters. The van der Waals surface area contributed by atoms with Gasteiger partial charge in [0, 0.05) is 33.5 Å². The average molecular weight is 637 g/mol. The average Bonchev–Trinajstić information content (AvgIpc) is 3.93. The van der Waals surface area contributed by atoms with Gasteiger partial charge in [0.05, 0.1) is 16.4 Å². The zero-order valence-electron chi connectivity index (χ0n) is 27.4. The van der Waals surface area contributed by atoms with Crippen LogP contribution in [0.4, 0.5) is 17.1 Å². The standard InChI is InChI=1S/C48H32N2/c1-3-14-32(15-4-1)49(35-27-29-41-40-20-9-12-25-46(40)50(47(41)31-35)33-16-5-2-6-17-33)34-26-28-39-38-21-13-24-44(38)48(45(39)30-34)42-22-10-7-18-36(42)37-19-8-11-23-43(37)48/h1-23,25-31H,24H2. The van der Waals surface area contributed by atoms with E-state index in [1.807, 2.05) is 0 Å². The van der Waals surface area contributed by atoms with Gasteiger partial charge in [0.2, 0.25) is 0 Å². The fourth-order valence-corrected chi connectivity index (χ4v) is 9.32. The van der Waals surface area contributed by atoms with Gasteiger partial charge in [0.25, 0.3) is 0 Å². The largest absolute Gasteiger partial charge is 0.310 e. The topological polar surface area (TPSA) is 8.17 Å². The molecule has 2 nitrogen and oxygen atoms in total. The lowest BCUT2D eigenvalue weighted by molar-refractivity contribution is 0.749. The molecule has 11 rings (SSSR count). The van der Waals surface area contributed by atoms with Crippen LogP contribution >= 0.6 is 0 Å². The lowest BCUT2D eigenvalue weighted by Gasteiger charge is -2.33. The van der Waals surface area contributed by atoms with Crippen LogP contribution in [0.5, 0.6) is 0 Å². The van der Waals surface area contributed by atoms with Crippen molar-refractivity contribution >= 4 is 44.4 Å². The van der Waals surface area contributed by atoms with Gasteiger partial charge in [-0.05, 0) is 106 Å². The fraction of sp³-hybridized carbons (Fsp3) is 0.0417. The maximum atomic E-state index is 2.49. The molecule has 50 heavy (non-hydrogen) atoms. The number of anilines is 3. The van der Waals surface area contributed by atoms with E-state index in [0.717, 1.165) is 29.2 Å². The first kappa shape index (κ1) is 27.6. The second kappa shape index (κ2) is 10.3. The third-order valence-electron chi connectivity index (χ3n) is 11.2. The van der Waals surface area contributed by atoms with Crippen LogP contribution in [0, 0.1) is 0 Å². The number of hydrogen-bond acceptors (Lipinski definition) is 1. The van der Waals surface area contributed by atoms with Crippen molar-refractivity contribution in [1.29, 1.82) is 0 Å². The molecule has 7 aromatic carbocycles. The maximum absolute atomic E-state index is 2.49. The van der Waals surface area contributed by atoms with Gasteiger partial charge in [-0.1, -0.05) is 127 Å². The molecule has 1 spiro atoms. The summed E-state index contributed by atoms with van der Waals surface area (Å²) >= 11 is 0. The molecule has 0 radical (unpaired) electrons. The first-order valence-electron chi connectivity index (χ1n) is 17.5. The third kappa shape index (κ3) is 3.57. The molecule has 0 aliphatic heterocycles. The number of nitrogens with zero attached hydrogens (tertiary/aromatic N) is 2. The fourth-order valence-electron chi connectivity index (χ4n) is 9.32. The van der Waals surface area contributed by atoms with Crippen molar-refractivity contribution in [2.75, 3.05) is 4.90 Å². The monoisotopic (exact) mass is 636 g/mol. The SMILES string of the molecule is C1=CC2=C(C1)C1(c3cc(N(c4ccccc4)c4ccc5c6ccccc6n(-c6ccccc6)c5c4)ccc32)c2ccccc2-c2ccccc21. The second-order valence-electron chi connectivity index (χ2n) is 13.6. The normalized spacial score (nSPS) is 14.7. The van der Waals surface area contributed by atoms with E-state index in [2.05, 4.69) is 191 Å². The Morgan fingerprint density at radius 3 is 1.86 bits per heavy atom. The number of rotatable bonds is 4. The minimum atomic E-state index is -0.316. The van der Waals surface area contributed by atoms with E-state index >= 15 is 0 Å². The molecule has 2 heteroatoms. The molecule has 3 aliphatic carbocycles. The highest BCUT2D eigenvalue weighted by molar-refractivity contribution is 6.10. The van der Waals surface area contributed by atoms with E-state index in [4.69, 9.17) is 0 Å². The highest BCUT2D eigenvalue weighted by atomic mass is 15.1. The molecule has 0 saturated carbocycles. The Bertz CT molecular complexity index is 2680. The van der Waals surface area contributed by atoms with Crippen molar-refractivity contribution in [1.82, 2.24) is 4.57 Å². The highest BCUT2D eigenvalue weighted by Crippen LogP contribution is 2.64. The predicted octanol–water partition coefficient (Wildman–Crippen LogP) is 12.3. The smallest absolute Gasteiger partial charge is 0.0692 e. The predicted molar refractivity (Wildman–Crippen MR) is 208 cm³/mol. The quantitative estimate of drug-likeness (QED) is 0.187. The molecule has 0 bridgehead atoms. The highest BCUT2D eigenvalue weighted by Gasteiger charge is 2.53. The molecule has 234 valence electrons. The summed E-state index contributed by atoms with van der Waals surface area (Å²) in [4.78, 5) is 2.44. The summed E-state index contributed by atoms with van der Waals surface area (Å²) in [5, 5.41) is 2.51. The molecule has 8 aromatic rings. The summed E-state index contributed by atoms with van der Waals surface area (Å²) in [5.74, 6) is 0. The zero-order chi connectivity index (χ0) is 32.8. The zero-order valence-corrected chi connectivity index (χ0v) is 27.4. The van der Waals surface area contributed by atoms with Crippen molar-refractivity contribution in [2.45, 2.75) is 11.8 Å². The van der Waals surface area contributed by atoms with Crippen molar-refractivity contribution in [3.63, 3.8) is 0 Å². The lowest BCUT2D eigenvalue weighted by atomic mass is 9.69. The Balaban J connectivity index is 1.17. The van der Waals surface area contributed by atoms with Gasteiger partial charge in [0.15, 0.2) is 0 Å². The Morgan fingerprint density at radius 1 is 0.460 bits per heavy atom. The molecular weight excluding hydrogens is 605 g/mol. The van der Waals surface area contributed by atoms with Gasteiger partial charge >= 0.3 is 0 Å². The minimum Gasteiger partial charge on any atom is -0.310 e. The Labute approximate surface area is 291 Å². The minimum absolute atomic E-state index is 0.316. The Hall–Kier alpha value is -6.38. The molecule has 1 aromatic heterocycles. The van der Waals surface area contributed by atoms with Gasteiger partial charge in [-0.15, -0.1) is 0 Å². The van der Waals surface area contributed by atoms with Crippen LogP contribution in [0.1, 0.15) is 28.7 Å². The van der Waals surface area contributed by atoms with Crippen molar-refractivity contribution in [3.05, 3.63) is 210 Å². The van der Waals surface area contributed by atoms with Crippen molar-refractivity contribution in [3.8, 4) is 16.8 Å². The summed E-state index contributed by atoms with van der Waals surface area (Å²) in [6.45, 7) is 0. The number of allylic oxidation sites excluding steroid dienone is 4. The number of benzene rings is 7. The van der Waals surface area contributed by atoms with E-state index in [1.165, 1.54) is 66.3 Å². The molecule has 3 aliphatic rings. The molecular formula is C48H32N2. The van der Waals surface area contributed by atoms with E-state index in [9.17, 15) is 0 Å². The maximum Gasteiger partial charge on any atom is 0.0692 e. The van der Waals surface area contributed by atoms with Crippen molar-refractivity contribution in [2.24, 2.45) is 0 Å². The first-order valence-corrected chi connectivity index (χ1v) is 17.5. The third-order valence-corrected chi connectivity index (χ3v) is 11.2. The molecule has 0 amide bonds. The van der Waals surface area contributed by atoms with Crippen LogP contribution in [0.25, 0.3) is 44.2 Å². The van der Waals surface area contributed by atoms with Gasteiger partial charge in [-0.2, -0.15) is 0 Å². The Morgan fingerprint density at radius 2 is 1.08 bits per heavy atom. The molecule has 0 saturated heterocycles. The van der Waals surface area contributed by atoms with Crippen LogP contribution in [0.2, 0.25) is 0 Å². The van der Waals surface area contributed by atoms with Crippen LogP contribution in [-0.2, 0) is 5.41 Å². The number of aromatic nitrogens is 1. The van der Waals surface area contributed by atoms with E-state index in [-0.39, 0.29) is 5.41 Å². The first-order chi connectivity index (χ1) is 24.8. The van der Waals surface area contributed by atoms with Crippen LogP contribution in [0.3, 0.4) is 0 Å². The van der Waals surface area contributed by atoms with E-state index < -0.39 is 0 Å². The van der Waals surface area contributed by atoms with Crippen LogP contribution in [-0.4, -0.2) is 4.57 Å². The Kier molecular flexibility index (Phi) is 5.68. The molecule has 1 heterocycles. The summed E-state index contributed by atoms with van der Waals surface area (Å²) in [6.07, 6.45) is 5.67. The summed E-state index contributed by atoms with van der Waals surface area (Å²) < 4.78 is 2.40. The number of para-hydroxylation sites is 3. The van der Waals surface area contributed by atoms with E-state index in [1.54, 1.807) is 0 Å². The molecule has 0 unspecified atom stereocenters. The summed E-state index contributed by atoms with van der Waals surface area (Å²) in [7, 11) is 0. The summed E-state index contributed by atoms with van der Waals surface area (Å²) in [5.41, 5.74) is 17.8. The summed E-state index contributed by atoms with van der Waals surface area (Å²) in [6, 6.07) is 62.6. The van der Waals surface area contributed by atoms with Crippen molar-refractivity contribution < 1.29 is 0 Å². The lowest BCUT2D eigenvalue weighted by Crippen LogP contribution is -2.27. The van der Waals surface area contributed by atoms with Gasteiger partial charge in [-0.25, -0.2) is 0 Å².